The number of rotatable bonds is 40. The lowest BCUT2D eigenvalue weighted by atomic mass is 10.0. The van der Waals surface area contributed by atoms with Gasteiger partial charge in [0.15, 0.2) is 48.2 Å². The molecule has 103 heavy (non-hydrogen) atoms. The van der Waals surface area contributed by atoms with Gasteiger partial charge in [0, 0.05) is 85.9 Å². The Kier molecular flexibility index (Phi) is 57.0. The van der Waals surface area contributed by atoms with Gasteiger partial charge in [0.1, 0.15) is 66.4 Å². The van der Waals surface area contributed by atoms with Crippen LogP contribution in [0.15, 0.2) is 84.9 Å². The second-order valence-corrected chi connectivity index (χ2v) is 21.5. The molecule has 2 unspecified atom stereocenters. The van der Waals surface area contributed by atoms with Gasteiger partial charge in [-0.1, -0.05) is 64.1 Å². The third-order valence-electron chi connectivity index (χ3n) is 14.9. The van der Waals surface area contributed by atoms with Gasteiger partial charge in [0.25, 0.3) is 0 Å². The Hall–Kier alpha value is -4.96. The molecule has 0 N–H and O–H groups in total. The fraction of sp³-hybridized carbons (Fsp3) is 0.704. The number of ether oxygens (including phenoxy) is 22. The van der Waals surface area contributed by atoms with E-state index in [1.165, 1.54) is 0 Å². The highest BCUT2D eigenvalue weighted by atomic mass is 16.8. The molecule has 3 aliphatic heterocycles. The van der Waals surface area contributed by atoms with Gasteiger partial charge >= 0.3 is 0 Å². The van der Waals surface area contributed by atoms with Gasteiger partial charge in [0.2, 0.25) is 0 Å². The first-order valence-electron chi connectivity index (χ1n) is 38.5. The molecule has 3 saturated heterocycles. The zero-order valence-corrected chi connectivity index (χ0v) is 67.4. The van der Waals surface area contributed by atoms with Gasteiger partial charge in [-0.15, -0.1) is 0 Å². The minimum atomic E-state index is -0.514. The smallest absolute Gasteiger partial charge is 0.189 e. The zero-order valence-electron chi connectivity index (χ0n) is 67.4. The summed E-state index contributed by atoms with van der Waals surface area (Å²) < 4.78 is 125. The summed E-state index contributed by atoms with van der Waals surface area (Å²) in [5, 5.41) is 0. The van der Waals surface area contributed by atoms with Gasteiger partial charge < -0.3 is 104 Å². The van der Waals surface area contributed by atoms with E-state index >= 15 is 0 Å². The molecular formula is C81H138O22. The standard InChI is InChI=1S/2C18H22O3.C15H30O6.2C13H26O5.2C2H6/c2*1-4-19-16-10-7-14(8-11-16)15-9-12-17(20-5-2)18(13-15)21-6-3;1-6-16-11-12(17-7-2)14(19-9-4)21-15(20-10-5)13(11)18-8-3;2*1-5-14-10-9-18-13(17-8-4)12(16-7-3)11(10)15-6-2;2*1-2/h2*7-13H,4-6H2,1-3H3;11-15H,6-10H2,1-5H3;2*10-13H,5-9H2,1-4H3;2*1-2H3/t;;11?,12-,13+,14-,15-;10-,11-,12+,13?;10-,11-,12+,13-;;/m..011../s1. The molecule has 0 spiro atoms. The van der Waals surface area contributed by atoms with E-state index in [1.54, 1.807) is 0 Å². The van der Waals surface area contributed by atoms with Crippen LogP contribution >= 0.6 is 0 Å². The van der Waals surface area contributed by atoms with Crippen LogP contribution in [-0.4, -0.2) is 219 Å². The predicted molar refractivity (Wildman–Crippen MR) is 407 cm³/mol. The normalized spacial score (nSPS) is 22.5. The minimum absolute atomic E-state index is 0.0943. The molecule has 0 aliphatic carbocycles. The third-order valence-corrected chi connectivity index (χ3v) is 14.9. The molecule has 0 saturated carbocycles. The van der Waals surface area contributed by atoms with Crippen molar-refractivity contribution < 1.29 is 104 Å². The highest BCUT2D eigenvalue weighted by molar-refractivity contribution is 5.69. The van der Waals surface area contributed by atoms with E-state index in [-0.39, 0.29) is 67.5 Å². The van der Waals surface area contributed by atoms with Gasteiger partial charge in [-0.25, -0.2) is 0 Å². The Morgan fingerprint density at radius 2 is 0.476 bits per heavy atom. The molecule has 0 aromatic heterocycles. The van der Waals surface area contributed by atoms with E-state index < -0.39 is 12.6 Å². The van der Waals surface area contributed by atoms with Crippen LogP contribution in [0.3, 0.4) is 0 Å². The first-order chi connectivity index (χ1) is 50.3. The summed E-state index contributed by atoms with van der Waals surface area (Å²) >= 11 is 0. The van der Waals surface area contributed by atoms with Crippen molar-refractivity contribution in [3.8, 4) is 56.8 Å². The Balaban J connectivity index is 0.000000637. The van der Waals surface area contributed by atoms with Gasteiger partial charge in [0.05, 0.1) is 52.9 Å². The Morgan fingerprint density at radius 1 is 0.233 bits per heavy atom. The van der Waals surface area contributed by atoms with Gasteiger partial charge in [-0.2, -0.15) is 0 Å². The summed E-state index contributed by atoms with van der Waals surface area (Å²) in [6, 6.07) is 28.2. The predicted octanol–water partition coefficient (Wildman–Crippen LogP) is 16.3. The van der Waals surface area contributed by atoms with Crippen molar-refractivity contribution in [3.63, 3.8) is 0 Å². The summed E-state index contributed by atoms with van der Waals surface area (Å²) in [4.78, 5) is 0. The topological polar surface area (TPSA) is 203 Å². The Morgan fingerprint density at radius 3 is 0.757 bits per heavy atom. The average molecular weight is 1460 g/mol. The van der Waals surface area contributed by atoms with Crippen molar-refractivity contribution in [1.82, 2.24) is 0 Å². The van der Waals surface area contributed by atoms with Crippen LogP contribution in [0.4, 0.5) is 0 Å². The summed E-state index contributed by atoms with van der Waals surface area (Å²) in [6.45, 7) is 57.6. The highest BCUT2D eigenvalue weighted by Gasteiger charge is 2.49. The maximum atomic E-state index is 5.90. The highest BCUT2D eigenvalue weighted by Crippen LogP contribution is 2.36. The lowest BCUT2D eigenvalue weighted by Crippen LogP contribution is -2.61. The number of hydrogen-bond acceptors (Lipinski definition) is 22. The van der Waals surface area contributed by atoms with Crippen LogP contribution in [0.5, 0.6) is 34.5 Å². The lowest BCUT2D eigenvalue weighted by Gasteiger charge is -2.45. The van der Waals surface area contributed by atoms with Crippen molar-refractivity contribution in [2.75, 3.05) is 139 Å². The molecule has 3 fully saturated rings. The molecule has 594 valence electrons. The lowest BCUT2D eigenvalue weighted by molar-refractivity contribution is -0.363. The fourth-order valence-electron chi connectivity index (χ4n) is 11.1. The third kappa shape index (κ3) is 34.2. The minimum Gasteiger partial charge on any atom is -0.494 e. The summed E-state index contributed by atoms with van der Waals surface area (Å²) in [5.74, 6) is 4.91. The largest absolute Gasteiger partial charge is 0.494 e. The molecule has 3 heterocycles. The molecule has 22 nitrogen and oxygen atoms in total. The zero-order chi connectivity index (χ0) is 76.6. The molecule has 13 atom stereocenters. The van der Waals surface area contributed by atoms with E-state index in [0.29, 0.717) is 139 Å². The van der Waals surface area contributed by atoms with Crippen molar-refractivity contribution in [1.29, 1.82) is 0 Å². The maximum absolute atomic E-state index is 5.90. The van der Waals surface area contributed by atoms with Crippen molar-refractivity contribution >= 4 is 0 Å². The average Bonchev–Trinajstić information content (AvgIpc) is 0.768. The molecule has 0 amide bonds. The van der Waals surface area contributed by atoms with Crippen LogP contribution in [0.1, 0.15) is 159 Å². The molecule has 4 aromatic rings. The first-order valence-corrected chi connectivity index (χ1v) is 38.5. The molecule has 7 rings (SSSR count). The Bertz CT molecular complexity index is 2370. The summed E-state index contributed by atoms with van der Waals surface area (Å²) in [6.07, 6.45) is -3.65. The monoisotopic (exact) mass is 1460 g/mol. The number of hydrogen-bond donors (Lipinski definition) is 0. The van der Waals surface area contributed by atoms with E-state index in [2.05, 4.69) is 24.3 Å². The van der Waals surface area contributed by atoms with Crippen molar-refractivity contribution in [3.05, 3.63) is 84.9 Å². The second kappa shape index (κ2) is 61.1. The molecule has 22 heteroatoms. The molecule has 3 aliphatic rings. The van der Waals surface area contributed by atoms with Crippen molar-refractivity contribution in [2.45, 2.75) is 239 Å². The second-order valence-electron chi connectivity index (χ2n) is 21.5. The summed E-state index contributed by atoms with van der Waals surface area (Å²) in [5.41, 5.74) is 4.46. The van der Waals surface area contributed by atoms with Crippen LogP contribution < -0.4 is 28.4 Å². The van der Waals surface area contributed by atoms with E-state index in [0.717, 1.165) is 56.8 Å². The molecule has 0 bridgehead atoms. The fourth-order valence-corrected chi connectivity index (χ4v) is 11.1. The van der Waals surface area contributed by atoms with Crippen LogP contribution in [0.2, 0.25) is 0 Å². The Labute approximate surface area is 621 Å². The van der Waals surface area contributed by atoms with Gasteiger partial charge in [-0.3, -0.25) is 0 Å². The van der Waals surface area contributed by atoms with Crippen LogP contribution in [0.25, 0.3) is 22.3 Å². The van der Waals surface area contributed by atoms with Crippen molar-refractivity contribution in [2.24, 2.45) is 0 Å². The van der Waals surface area contributed by atoms with E-state index in [4.69, 9.17) is 104 Å². The summed E-state index contributed by atoms with van der Waals surface area (Å²) in [7, 11) is 0. The first kappa shape index (κ1) is 96.1. The maximum Gasteiger partial charge on any atom is 0.189 e. The van der Waals surface area contributed by atoms with Crippen LogP contribution in [0, 0.1) is 0 Å². The SMILES string of the molecule is CC.CC.CCOC1OC[C@@H](OCC)[C@@H](OCC)[C@@H]1OCC.CCOC1[C@@H](OCC)[C@@H](OCC)O[C@H](OCC)[C@H]1OCC.CCO[C@@H]1OC[C@@H](OCC)[C@@H](OCC)[C@@H]1OCC.CCOc1ccc(-c2ccc(OCC)c(OCC)c2)cc1.CCOc1ccc(-c2ccc(OCC)c(OCC)c2)cc1. The quantitative estimate of drug-likeness (QED) is 0.0406. The van der Waals surface area contributed by atoms with Crippen LogP contribution in [-0.2, 0) is 75.8 Å². The molecule has 0 radical (unpaired) electrons. The van der Waals surface area contributed by atoms with E-state index in [9.17, 15) is 0 Å². The molecule has 4 aromatic carbocycles. The molecular weight excluding hydrogens is 1320 g/mol. The van der Waals surface area contributed by atoms with E-state index in [1.807, 2.05) is 220 Å². The number of benzene rings is 4. The van der Waals surface area contributed by atoms with Gasteiger partial charge in [-0.05, 0) is 202 Å².